The number of nitrogens with zero attached hydrogens (tertiary/aromatic N) is 1. The van der Waals surface area contributed by atoms with Crippen molar-refractivity contribution in [2.45, 2.75) is 18.3 Å². The van der Waals surface area contributed by atoms with E-state index in [0.29, 0.717) is 10.2 Å². The van der Waals surface area contributed by atoms with E-state index in [1.54, 1.807) is 6.92 Å². The van der Waals surface area contributed by atoms with E-state index < -0.39 is 23.9 Å². The highest BCUT2D eigenvalue weighted by Gasteiger charge is 2.39. The molecule has 1 aliphatic heterocycles. The molecular formula is C12H12BrFN2O3S. The molecule has 5 nitrogen and oxygen atoms in total. The first-order valence-electron chi connectivity index (χ1n) is 5.79. The Morgan fingerprint density at radius 1 is 1.55 bits per heavy atom. The van der Waals surface area contributed by atoms with Gasteiger partial charge in [-0.25, -0.2) is 14.0 Å². The third kappa shape index (κ3) is 3.06. The second kappa shape index (κ2) is 6.01. The topological polar surface area (TPSA) is 69.6 Å². The maximum absolute atomic E-state index is 13.2. The SMILES string of the molecule is CC1SCC(C(=O)O)N1C(=O)Nc1cc(F)ccc1Br. The number of hydrogen-bond donors (Lipinski definition) is 2. The molecule has 1 aromatic carbocycles. The Labute approximate surface area is 127 Å². The Balaban J connectivity index is 2.18. The molecule has 2 unspecified atom stereocenters. The van der Waals surface area contributed by atoms with Crippen molar-refractivity contribution in [3.63, 3.8) is 0 Å². The van der Waals surface area contributed by atoms with Crippen LogP contribution < -0.4 is 5.32 Å². The molecule has 0 radical (unpaired) electrons. The fourth-order valence-electron chi connectivity index (χ4n) is 1.91. The lowest BCUT2D eigenvalue weighted by molar-refractivity contribution is -0.141. The second-order valence-corrected chi connectivity index (χ2v) is 6.45. The van der Waals surface area contributed by atoms with Crippen molar-refractivity contribution in [3.05, 3.63) is 28.5 Å². The molecule has 0 bridgehead atoms. The summed E-state index contributed by atoms with van der Waals surface area (Å²) >= 11 is 4.59. The van der Waals surface area contributed by atoms with Crippen molar-refractivity contribution in [1.29, 1.82) is 0 Å². The molecule has 1 fully saturated rings. The molecule has 1 aromatic rings. The lowest BCUT2D eigenvalue weighted by Gasteiger charge is -2.25. The van der Waals surface area contributed by atoms with Crippen LogP contribution in [0.25, 0.3) is 0 Å². The zero-order valence-electron chi connectivity index (χ0n) is 10.5. The molecule has 2 N–H and O–H groups in total. The predicted octanol–water partition coefficient (Wildman–Crippen LogP) is 2.97. The van der Waals surface area contributed by atoms with Gasteiger partial charge in [0.05, 0.1) is 11.1 Å². The summed E-state index contributed by atoms with van der Waals surface area (Å²) in [5, 5.41) is 11.4. The van der Waals surface area contributed by atoms with Gasteiger partial charge in [0.1, 0.15) is 11.9 Å². The molecule has 1 aliphatic rings. The number of urea groups is 1. The van der Waals surface area contributed by atoms with E-state index in [4.69, 9.17) is 5.11 Å². The average Bonchev–Trinajstić information content (AvgIpc) is 2.76. The van der Waals surface area contributed by atoms with Gasteiger partial charge < -0.3 is 10.4 Å². The summed E-state index contributed by atoms with van der Waals surface area (Å²) in [7, 11) is 0. The first kappa shape index (κ1) is 15.1. The van der Waals surface area contributed by atoms with Crippen molar-refractivity contribution in [1.82, 2.24) is 4.90 Å². The number of aliphatic carboxylic acids is 1. The third-order valence-electron chi connectivity index (χ3n) is 2.91. The molecule has 2 atom stereocenters. The van der Waals surface area contributed by atoms with Gasteiger partial charge in [-0.3, -0.25) is 4.90 Å². The lowest BCUT2D eigenvalue weighted by Crippen LogP contribution is -2.46. The van der Waals surface area contributed by atoms with Crippen LogP contribution in [0.5, 0.6) is 0 Å². The number of carboxylic acid groups (broad SMARTS) is 1. The van der Waals surface area contributed by atoms with Gasteiger partial charge in [0.2, 0.25) is 0 Å². The van der Waals surface area contributed by atoms with Crippen LogP contribution in [-0.2, 0) is 4.79 Å². The molecule has 0 aromatic heterocycles. The number of anilines is 1. The smallest absolute Gasteiger partial charge is 0.327 e. The van der Waals surface area contributed by atoms with Gasteiger partial charge >= 0.3 is 12.0 Å². The summed E-state index contributed by atoms with van der Waals surface area (Å²) in [4.78, 5) is 24.6. The monoisotopic (exact) mass is 362 g/mol. The minimum absolute atomic E-state index is 0.247. The highest BCUT2D eigenvalue weighted by atomic mass is 79.9. The van der Waals surface area contributed by atoms with Gasteiger partial charge in [-0.1, -0.05) is 0 Å². The molecule has 0 saturated carbocycles. The number of halogens is 2. The van der Waals surface area contributed by atoms with Crippen molar-refractivity contribution in [2.24, 2.45) is 0 Å². The maximum Gasteiger partial charge on any atom is 0.327 e. The average molecular weight is 363 g/mol. The molecule has 108 valence electrons. The molecule has 1 saturated heterocycles. The number of amides is 2. The molecule has 20 heavy (non-hydrogen) atoms. The summed E-state index contributed by atoms with van der Waals surface area (Å²) in [6.45, 7) is 1.76. The number of hydrogen-bond acceptors (Lipinski definition) is 3. The first-order chi connectivity index (χ1) is 9.40. The van der Waals surface area contributed by atoms with Crippen molar-refractivity contribution >= 4 is 45.4 Å². The summed E-state index contributed by atoms with van der Waals surface area (Å²) in [5.74, 6) is -1.19. The summed E-state index contributed by atoms with van der Waals surface area (Å²) in [6, 6.07) is 2.48. The third-order valence-corrected chi connectivity index (χ3v) is 4.82. The Morgan fingerprint density at radius 3 is 2.90 bits per heavy atom. The number of carbonyl (C=O) groups excluding carboxylic acids is 1. The highest BCUT2D eigenvalue weighted by molar-refractivity contribution is 9.10. The molecule has 0 spiro atoms. The second-order valence-electron chi connectivity index (χ2n) is 4.25. The number of carbonyl (C=O) groups is 2. The van der Waals surface area contributed by atoms with Crippen LogP contribution in [0.15, 0.2) is 22.7 Å². The first-order valence-corrected chi connectivity index (χ1v) is 7.63. The Bertz CT molecular complexity index is 558. The highest BCUT2D eigenvalue weighted by Crippen LogP contribution is 2.30. The Kier molecular flexibility index (Phi) is 4.54. The zero-order valence-corrected chi connectivity index (χ0v) is 12.9. The van der Waals surface area contributed by atoms with Crippen LogP contribution in [0.4, 0.5) is 14.9 Å². The Morgan fingerprint density at radius 2 is 2.25 bits per heavy atom. The molecule has 8 heteroatoms. The molecule has 1 heterocycles. The number of thioether (sulfide) groups is 1. The Hall–Kier alpha value is -1.28. The molecule has 2 rings (SSSR count). The van der Waals surface area contributed by atoms with Gasteiger partial charge in [-0.15, -0.1) is 11.8 Å². The van der Waals surface area contributed by atoms with Gasteiger partial charge in [0.25, 0.3) is 0 Å². The largest absolute Gasteiger partial charge is 0.480 e. The van der Waals surface area contributed by atoms with E-state index in [-0.39, 0.29) is 11.1 Å². The molecule has 0 aliphatic carbocycles. The summed E-state index contributed by atoms with van der Waals surface area (Å²) in [5.41, 5.74) is 0.267. The zero-order chi connectivity index (χ0) is 14.9. The van der Waals surface area contributed by atoms with Gasteiger partial charge in [0.15, 0.2) is 0 Å². The van der Waals surface area contributed by atoms with Crippen LogP contribution in [-0.4, -0.2) is 39.2 Å². The van der Waals surface area contributed by atoms with Crippen molar-refractivity contribution in [2.75, 3.05) is 11.1 Å². The number of carboxylic acids is 1. The number of benzene rings is 1. The van der Waals surface area contributed by atoms with Gasteiger partial charge in [-0.05, 0) is 41.1 Å². The van der Waals surface area contributed by atoms with E-state index >= 15 is 0 Å². The van der Waals surface area contributed by atoms with Crippen molar-refractivity contribution < 1.29 is 19.1 Å². The van der Waals surface area contributed by atoms with Gasteiger partial charge in [0, 0.05) is 10.2 Å². The van der Waals surface area contributed by atoms with Gasteiger partial charge in [-0.2, -0.15) is 0 Å². The summed E-state index contributed by atoms with van der Waals surface area (Å²) < 4.78 is 13.7. The molecular weight excluding hydrogens is 351 g/mol. The normalized spacial score (nSPS) is 21.9. The quantitative estimate of drug-likeness (QED) is 0.848. The fraction of sp³-hybridized carbons (Fsp3) is 0.333. The molecule has 2 amide bonds. The van der Waals surface area contributed by atoms with Crippen LogP contribution in [0.3, 0.4) is 0 Å². The predicted molar refractivity (Wildman–Crippen MR) is 78.3 cm³/mol. The van der Waals surface area contributed by atoms with E-state index in [2.05, 4.69) is 21.2 Å². The van der Waals surface area contributed by atoms with E-state index in [0.717, 1.165) is 0 Å². The lowest BCUT2D eigenvalue weighted by atomic mass is 10.3. The van der Waals surface area contributed by atoms with E-state index in [9.17, 15) is 14.0 Å². The van der Waals surface area contributed by atoms with E-state index in [1.165, 1.54) is 34.9 Å². The van der Waals surface area contributed by atoms with Crippen LogP contribution >= 0.6 is 27.7 Å². The summed E-state index contributed by atoms with van der Waals surface area (Å²) in [6.07, 6.45) is 0. The maximum atomic E-state index is 13.2. The number of nitrogens with one attached hydrogen (secondary N) is 1. The van der Waals surface area contributed by atoms with Crippen LogP contribution in [0, 0.1) is 5.82 Å². The minimum atomic E-state index is -1.05. The minimum Gasteiger partial charge on any atom is -0.480 e. The van der Waals surface area contributed by atoms with Crippen LogP contribution in [0.1, 0.15) is 6.92 Å². The van der Waals surface area contributed by atoms with Crippen LogP contribution in [0.2, 0.25) is 0 Å². The number of rotatable bonds is 2. The fourth-order valence-corrected chi connectivity index (χ4v) is 3.43. The van der Waals surface area contributed by atoms with Crippen molar-refractivity contribution in [3.8, 4) is 0 Å². The standard InChI is InChI=1S/C12H12BrFN2O3S/c1-6-16(10(5-20-6)11(17)18)12(19)15-9-4-7(14)2-3-8(9)13/h2-4,6,10H,5H2,1H3,(H,15,19)(H,17,18). The van der Waals surface area contributed by atoms with E-state index in [1.807, 2.05) is 0 Å².